The molecule has 1 N–H and O–H groups in total. The average Bonchev–Trinajstić information content (AvgIpc) is 2.49. The molecule has 2 aromatic rings. The van der Waals surface area contributed by atoms with Crippen LogP contribution in [0.25, 0.3) is 0 Å². The number of hydrogen-bond donors (Lipinski definition) is 1. The topological polar surface area (TPSA) is 65.8 Å². The maximum absolute atomic E-state index is 12.0. The maximum atomic E-state index is 12.0. The van der Waals surface area contributed by atoms with Crippen molar-refractivity contribution in [3.8, 4) is 6.07 Å². The van der Waals surface area contributed by atoms with Gasteiger partial charge < -0.3 is 5.32 Å². The quantitative estimate of drug-likeness (QED) is 0.923. The Bertz CT molecular complexity index is 642. The van der Waals surface area contributed by atoms with Gasteiger partial charge in [0.15, 0.2) is 0 Å². The van der Waals surface area contributed by atoms with Gasteiger partial charge in [0.25, 0.3) is 5.91 Å². The molecule has 0 unspecified atom stereocenters. The predicted octanol–water partition coefficient (Wildman–Crippen LogP) is 3.16. The summed E-state index contributed by atoms with van der Waals surface area (Å²) in [6.45, 7) is 2.13. The lowest BCUT2D eigenvalue weighted by molar-refractivity contribution is 0.102. The first kappa shape index (κ1) is 13.8. The number of amides is 1. The van der Waals surface area contributed by atoms with Crippen LogP contribution in [0.1, 0.15) is 34.8 Å². The van der Waals surface area contributed by atoms with E-state index in [4.69, 9.17) is 5.26 Å². The number of rotatable bonds is 4. The third kappa shape index (κ3) is 3.42. The smallest absolute Gasteiger partial charge is 0.257 e. The van der Waals surface area contributed by atoms with E-state index in [0.717, 1.165) is 18.5 Å². The number of carbonyl (C=O) groups is 1. The molecule has 0 aliphatic rings. The molecule has 100 valence electrons. The molecule has 0 aliphatic carbocycles. The second-order valence-electron chi connectivity index (χ2n) is 4.48. The fourth-order valence-electron chi connectivity index (χ4n) is 1.87. The van der Waals surface area contributed by atoms with E-state index in [-0.39, 0.29) is 5.91 Å². The van der Waals surface area contributed by atoms with Crippen LogP contribution in [0.2, 0.25) is 0 Å². The highest BCUT2D eigenvalue weighted by Crippen LogP contribution is 2.12. The van der Waals surface area contributed by atoms with Crippen LogP contribution in [0, 0.1) is 11.3 Å². The largest absolute Gasteiger partial charge is 0.322 e. The van der Waals surface area contributed by atoms with Crippen LogP contribution >= 0.6 is 0 Å². The van der Waals surface area contributed by atoms with Crippen molar-refractivity contribution in [2.24, 2.45) is 0 Å². The molecule has 20 heavy (non-hydrogen) atoms. The number of anilines is 1. The summed E-state index contributed by atoms with van der Waals surface area (Å²) >= 11 is 0. The lowest BCUT2D eigenvalue weighted by atomic mass is 10.1. The molecular weight excluding hydrogens is 250 g/mol. The van der Waals surface area contributed by atoms with Crippen LogP contribution in [-0.4, -0.2) is 10.9 Å². The van der Waals surface area contributed by atoms with E-state index in [1.165, 1.54) is 24.0 Å². The molecule has 4 heteroatoms. The van der Waals surface area contributed by atoms with Gasteiger partial charge in [0.1, 0.15) is 6.07 Å². The Balaban J connectivity index is 2.09. The summed E-state index contributed by atoms with van der Waals surface area (Å²) < 4.78 is 0. The molecule has 1 aromatic heterocycles. The molecule has 0 radical (unpaired) electrons. The van der Waals surface area contributed by atoms with Crippen molar-refractivity contribution >= 4 is 11.6 Å². The number of pyridine rings is 1. The number of hydrogen-bond acceptors (Lipinski definition) is 3. The van der Waals surface area contributed by atoms with Crippen molar-refractivity contribution in [2.75, 3.05) is 5.32 Å². The normalized spacial score (nSPS) is 9.80. The van der Waals surface area contributed by atoms with Gasteiger partial charge in [-0.25, -0.2) is 0 Å². The van der Waals surface area contributed by atoms with Crippen molar-refractivity contribution in [1.29, 1.82) is 5.26 Å². The Morgan fingerprint density at radius 1 is 1.30 bits per heavy atom. The van der Waals surface area contributed by atoms with Crippen molar-refractivity contribution in [3.63, 3.8) is 0 Å². The van der Waals surface area contributed by atoms with Crippen LogP contribution in [0.15, 0.2) is 42.7 Å². The maximum Gasteiger partial charge on any atom is 0.257 e. The molecule has 0 spiro atoms. The molecular formula is C16H15N3O. The molecule has 4 nitrogen and oxygen atoms in total. The van der Waals surface area contributed by atoms with E-state index in [2.05, 4.69) is 17.2 Å². The Morgan fingerprint density at radius 2 is 2.05 bits per heavy atom. The molecule has 0 fully saturated rings. The Labute approximate surface area is 118 Å². The monoisotopic (exact) mass is 265 g/mol. The molecule has 1 heterocycles. The summed E-state index contributed by atoms with van der Waals surface area (Å²) in [5, 5.41) is 11.6. The molecule has 0 bridgehead atoms. The number of nitrogens with zero attached hydrogens (tertiary/aromatic N) is 2. The van der Waals surface area contributed by atoms with Gasteiger partial charge in [-0.05, 0) is 30.2 Å². The van der Waals surface area contributed by atoms with E-state index < -0.39 is 0 Å². The van der Waals surface area contributed by atoms with Crippen LogP contribution in [0.5, 0.6) is 0 Å². The first-order valence-electron chi connectivity index (χ1n) is 6.48. The van der Waals surface area contributed by atoms with Gasteiger partial charge in [0.05, 0.1) is 11.1 Å². The highest BCUT2D eigenvalue weighted by molar-refractivity contribution is 6.04. The SMILES string of the molecule is CCCc1ccc(NC(=O)c2cncc(C#N)c2)cc1. The number of benzene rings is 1. The van der Waals surface area contributed by atoms with Crippen molar-refractivity contribution in [3.05, 3.63) is 59.4 Å². The summed E-state index contributed by atoms with van der Waals surface area (Å²) in [4.78, 5) is 15.9. The molecule has 0 saturated heterocycles. The van der Waals surface area contributed by atoms with Crippen molar-refractivity contribution < 1.29 is 4.79 Å². The number of nitrogens with one attached hydrogen (secondary N) is 1. The second-order valence-corrected chi connectivity index (χ2v) is 4.48. The first-order valence-corrected chi connectivity index (χ1v) is 6.48. The van der Waals surface area contributed by atoms with Gasteiger partial charge in [0, 0.05) is 18.1 Å². The molecule has 1 amide bonds. The molecule has 0 aliphatic heterocycles. The van der Waals surface area contributed by atoms with E-state index in [1.807, 2.05) is 30.3 Å². The summed E-state index contributed by atoms with van der Waals surface area (Å²) in [6, 6.07) is 11.3. The molecule has 1 aromatic carbocycles. The average molecular weight is 265 g/mol. The van der Waals surface area contributed by atoms with Gasteiger partial charge in [0.2, 0.25) is 0 Å². The number of carbonyl (C=O) groups excluding carboxylic acids is 1. The highest BCUT2D eigenvalue weighted by Gasteiger charge is 2.07. The van der Waals surface area contributed by atoms with Gasteiger partial charge in [-0.3, -0.25) is 9.78 Å². The third-order valence-electron chi connectivity index (χ3n) is 2.88. The lowest BCUT2D eigenvalue weighted by Gasteiger charge is -2.06. The Morgan fingerprint density at radius 3 is 2.70 bits per heavy atom. The number of aryl methyl sites for hydroxylation is 1. The summed E-state index contributed by atoms with van der Waals surface area (Å²) in [6.07, 6.45) is 5.00. The van der Waals surface area contributed by atoms with Gasteiger partial charge in [-0.2, -0.15) is 5.26 Å². The molecule has 2 rings (SSSR count). The summed E-state index contributed by atoms with van der Waals surface area (Å²) in [5.74, 6) is -0.266. The minimum absolute atomic E-state index is 0.266. The van der Waals surface area contributed by atoms with E-state index in [1.54, 1.807) is 0 Å². The fraction of sp³-hybridized carbons (Fsp3) is 0.188. The fourth-order valence-corrected chi connectivity index (χ4v) is 1.87. The van der Waals surface area contributed by atoms with Crippen molar-refractivity contribution in [2.45, 2.75) is 19.8 Å². The van der Waals surface area contributed by atoms with Crippen LogP contribution in [0.4, 0.5) is 5.69 Å². The summed E-state index contributed by atoms with van der Waals surface area (Å²) in [5.41, 5.74) is 2.73. The van der Waals surface area contributed by atoms with Crippen LogP contribution in [0.3, 0.4) is 0 Å². The highest BCUT2D eigenvalue weighted by atomic mass is 16.1. The van der Waals surface area contributed by atoms with Crippen LogP contribution in [-0.2, 0) is 6.42 Å². The lowest BCUT2D eigenvalue weighted by Crippen LogP contribution is -2.12. The predicted molar refractivity (Wildman–Crippen MR) is 77.3 cm³/mol. The zero-order chi connectivity index (χ0) is 14.4. The minimum atomic E-state index is -0.266. The second kappa shape index (κ2) is 6.48. The zero-order valence-electron chi connectivity index (χ0n) is 11.3. The van der Waals surface area contributed by atoms with E-state index >= 15 is 0 Å². The van der Waals surface area contributed by atoms with E-state index in [9.17, 15) is 4.79 Å². The Hall–Kier alpha value is -2.67. The number of nitriles is 1. The number of aromatic nitrogens is 1. The summed E-state index contributed by atoms with van der Waals surface area (Å²) in [7, 11) is 0. The van der Waals surface area contributed by atoms with Gasteiger partial charge in [-0.15, -0.1) is 0 Å². The standard InChI is InChI=1S/C16H15N3O/c1-2-3-12-4-6-15(7-5-12)19-16(20)14-8-13(9-17)10-18-11-14/h4-8,10-11H,2-3H2,1H3,(H,19,20). The first-order chi connectivity index (χ1) is 9.72. The van der Waals surface area contributed by atoms with Gasteiger partial charge >= 0.3 is 0 Å². The minimum Gasteiger partial charge on any atom is -0.322 e. The van der Waals surface area contributed by atoms with E-state index in [0.29, 0.717) is 11.1 Å². The van der Waals surface area contributed by atoms with Gasteiger partial charge in [-0.1, -0.05) is 25.5 Å². The van der Waals surface area contributed by atoms with Crippen molar-refractivity contribution in [1.82, 2.24) is 4.98 Å². The molecule has 0 atom stereocenters. The molecule has 0 saturated carbocycles. The Kier molecular flexibility index (Phi) is 4.46. The third-order valence-corrected chi connectivity index (χ3v) is 2.88. The van der Waals surface area contributed by atoms with Crippen LogP contribution < -0.4 is 5.32 Å². The zero-order valence-corrected chi connectivity index (χ0v) is 11.3.